The molecule has 0 aromatic carbocycles. The number of nitriles is 2. The maximum absolute atomic E-state index is 8.96. The van der Waals surface area contributed by atoms with Crippen LogP contribution in [0.1, 0.15) is 16.3 Å². The van der Waals surface area contributed by atoms with E-state index in [9.17, 15) is 0 Å². The summed E-state index contributed by atoms with van der Waals surface area (Å²) in [5, 5.41) is 18.1. The highest BCUT2D eigenvalue weighted by Gasteiger charge is 2.12. The minimum atomic E-state index is 0.410. The van der Waals surface area contributed by atoms with Crippen LogP contribution in [0.4, 0.5) is 0 Å². The highest BCUT2D eigenvalue weighted by Crippen LogP contribution is 2.31. The van der Waals surface area contributed by atoms with E-state index in [1.807, 2.05) is 13.0 Å². The normalized spacial score (nSPS) is 9.44. The van der Waals surface area contributed by atoms with Crippen molar-refractivity contribution in [1.29, 1.82) is 10.5 Å². The second-order valence-corrected chi connectivity index (χ2v) is 4.08. The number of rotatable bonds is 1. The van der Waals surface area contributed by atoms with E-state index in [1.54, 1.807) is 12.3 Å². The first-order chi connectivity index (χ1) is 7.76. The molecular weight excluding hydrogens is 220 g/mol. The highest BCUT2D eigenvalue weighted by molar-refractivity contribution is 7.15. The van der Waals surface area contributed by atoms with Crippen LogP contribution in [0.15, 0.2) is 18.5 Å². The Morgan fingerprint density at radius 2 is 2.12 bits per heavy atom. The van der Waals surface area contributed by atoms with Gasteiger partial charge in [-0.2, -0.15) is 10.5 Å². The minimum absolute atomic E-state index is 0.410. The predicted molar refractivity (Wildman–Crippen MR) is 59.5 cm³/mol. The number of aryl methyl sites for hydroxylation is 1. The molecule has 0 fully saturated rings. The van der Waals surface area contributed by atoms with Gasteiger partial charge in [0.2, 0.25) is 0 Å². The van der Waals surface area contributed by atoms with Crippen molar-refractivity contribution in [2.24, 2.45) is 0 Å². The summed E-state index contributed by atoms with van der Waals surface area (Å²) >= 11 is 1.29. The van der Waals surface area contributed by atoms with Crippen LogP contribution in [0, 0.1) is 29.6 Å². The molecule has 16 heavy (non-hydrogen) atoms. The van der Waals surface area contributed by atoms with E-state index >= 15 is 0 Å². The summed E-state index contributed by atoms with van der Waals surface area (Å²) in [5.74, 6) is 0. The summed E-state index contributed by atoms with van der Waals surface area (Å²) < 4.78 is 0. The number of hydrogen-bond donors (Lipinski definition) is 0. The average molecular weight is 226 g/mol. The van der Waals surface area contributed by atoms with E-state index in [1.165, 1.54) is 17.5 Å². The molecule has 0 aliphatic heterocycles. The lowest BCUT2D eigenvalue weighted by molar-refractivity contribution is 1.23. The van der Waals surface area contributed by atoms with E-state index in [4.69, 9.17) is 10.5 Å². The summed E-state index contributed by atoms with van der Waals surface area (Å²) in [6.07, 6.45) is 3.14. The Balaban J connectivity index is 2.64. The summed E-state index contributed by atoms with van der Waals surface area (Å²) in [6, 6.07) is 5.85. The molecule has 0 unspecified atom stereocenters. The number of hydrogen-bond acceptors (Lipinski definition) is 5. The zero-order valence-corrected chi connectivity index (χ0v) is 9.25. The quantitative estimate of drug-likeness (QED) is 0.747. The van der Waals surface area contributed by atoms with Crippen molar-refractivity contribution >= 4 is 11.3 Å². The average Bonchev–Trinajstić information content (AvgIpc) is 2.70. The molecule has 0 saturated heterocycles. The smallest absolute Gasteiger partial charge is 0.195 e. The number of pyridine rings is 1. The Morgan fingerprint density at radius 3 is 2.75 bits per heavy atom. The maximum atomic E-state index is 8.96. The molecule has 2 aromatic heterocycles. The molecular formula is C11H6N4S. The van der Waals surface area contributed by atoms with Crippen molar-refractivity contribution in [3.8, 4) is 22.6 Å². The first kappa shape index (κ1) is 10.3. The molecule has 76 valence electrons. The second kappa shape index (κ2) is 4.09. The lowest BCUT2D eigenvalue weighted by Gasteiger charge is -1.99. The van der Waals surface area contributed by atoms with Gasteiger partial charge in [-0.1, -0.05) is 0 Å². The van der Waals surface area contributed by atoms with Crippen molar-refractivity contribution in [2.75, 3.05) is 0 Å². The molecule has 2 aromatic rings. The third-order valence-corrected chi connectivity index (χ3v) is 3.17. The second-order valence-electron chi connectivity index (χ2n) is 3.08. The van der Waals surface area contributed by atoms with Crippen molar-refractivity contribution in [3.05, 3.63) is 34.7 Å². The first-order valence-electron chi connectivity index (χ1n) is 4.48. The van der Waals surface area contributed by atoms with Crippen LogP contribution in [-0.4, -0.2) is 9.97 Å². The van der Waals surface area contributed by atoms with Gasteiger partial charge < -0.3 is 0 Å². The fraction of sp³-hybridized carbons (Fsp3) is 0.0909. The SMILES string of the molecule is Cc1nc(C#N)sc1-c1ccncc1C#N. The third kappa shape index (κ3) is 1.65. The highest BCUT2D eigenvalue weighted by atomic mass is 32.1. The fourth-order valence-corrected chi connectivity index (χ4v) is 2.28. The molecule has 0 aliphatic carbocycles. The van der Waals surface area contributed by atoms with Crippen LogP contribution < -0.4 is 0 Å². The standard InChI is InChI=1S/C11H6N4S/c1-7-11(16-10(5-13)15-7)9-2-3-14-6-8(9)4-12/h2-3,6H,1H3. The van der Waals surface area contributed by atoms with Crippen LogP contribution in [0.2, 0.25) is 0 Å². The van der Waals surface area contributed by atoms with Crippen molar-refractivity contribution < 1.29 is 0 Å². The van der Waals surface area contributed by atoms with Crippen molar-refractivity contribution in [2.45, 2.75) is 6.92 Å². The molecule has 0 aliphatic rings. The summed E-state index contributed by atoms with van der Waals surface area (Å²) in [7, 11) is 0. The Hall–Kier alpha value is -2.24. The topological polar surface area (TPSA) is 73.4 Å². The maximum Gasteiger partial charge on any atom is 0.195 e. The van der Waals surface area contributed by atoms with Gasteiger partial charge in [-0.3, -0.25) is 4.98 Å². The third-order valence-electron chi connectivity index (χ3n) is 2.08. The number of nitrogens with zero attached hydrogens (tertiary/aromatic N) is 4. The molecule has 0 spiro atoms. The monoisotopic (exact) mass is 226 g/mol. The number of aromatic nitrogens is 2. The van der Waals surface area contributed by atoms with Crippen LogP contribution in [0.25, 0.3) is 10.4 Å². The molecule has 5 heteroatoms. The van der Waals surface area contributed by atoms with Crippen LogP contribution in [0.5, 0.6) is 0 Å². The molecule has 4 nitrogen and oxygen atoms in total. The van der Waals surface area contributed by atoms with E-state index < -0.39 is 0 Å². The molecule has 2 rings (SSSR count). The summed E-state index contributed by atoms with van der Waals surface area (Å²) in [4.78, 5) is 8.86. The van der Waals surface area contributed by atoms with Gasteiger partial charge in [-0.05, 0) is 13.0 Å². The molecule has 0 radical (unpaired) electrons. The van der Waals surface area contributed by atoms with Crippen LogP contribution in [0.3, 0.4) is 0 Å². The largest absolute Gasteiger partial charge is 0.263 e. The van der Waals surface area contributed by atoms with Gasteiger partial charge in [-0.15, -0.1) is 11.3 Å². The van der Waals surface area contributed by atoms with Crippen molar-refractivity contribution in [1.82, 2.24) is 9.97 Å². The lowest BCUT2D eigenvalue weighted by atomic mass is 10.1. The molecule has 0 amide bonds. The summed E-state index contributed by atoms with van der Waals surface area (Å²) in [6.45, 7) is 1.83. The Bertz CT molecular complexity index is 616. The van der Waals surface area contributed by atoms with Crippen LogP contribution in [-0.2, 0) is 0 Å². The van der Waals surface area contributed by atoms with Gasteiger partial charge in [0, 0.05) is 18.0 Å². The predicted octanol–water partition coefficient (Wildman–Crippen LogP) is 2.26. The van der Waals surface area contributed by atoms with Gasteiger partial charge in [0.1, 0.15) is 12.1 Å². The molecule has 0 bridgehead atoms. The van der Waals surface area contributed by atoms with E-state index in [0.717, 1.165) is 16.1 Å². The van der Waals surface area contributed by atoms with Gasteiger partial charge in [0.05, 0.1) is 16.1 Å². The zero-order valence-electron chi connectivity index (χ0n) is 8.43. The number of thiazole rings is 1. The molecule has 2 heterocycles. The summed E-state index contributed by atoms with van der Waals surface area (Å²) in [5.41, 5.74) is 2.05. The first-order valence-corrected chi connectivity index (χ1v) is 5.30. The Kier molecular flexibility index (Phi) is 2.63. The fourth-order valence-electron chi connectivity index (χ4n) is 1.38. The Morgan fingerprint density at radius 1 is 1.31 bits per heavy atom. The molecule has 0 saturated carbocycles. The molecule has 0 N–H and O–H groups in total. The van der Waals surface area contributed by atoms with Gasteiger partial charge in [-0.25, -0.2) is 4.98 Å². The lowest BCUT2D eigenvalue weighted by Crippen LogP contribution is -1.85. The van der Waals surface area contributed by atoms with Crippen molar-refractivity contribution in [3.63, 3.8) is 0 Å². The van der Waals surface area contributed by atoms with E-state index in [2.05, 4.69) is 16.0 Å². The minimum Gasteiger partial charge on any atom is -0.263 e. The van der Waals surface area contributed by atoms with E-state index in [0.29, 0.717) is 10.6 Å². The Labute approximate surface area is 96.4 Å². The van der Waals surface area contributed by atoms with E-state index in [-0.39, 0.29) is 0 Å². The van der Waals surface area contributed by atoms with Gasteiger partial charge in [0.15, 0.2) is 5.01 Å². The molecule has 0 atom stereocenters. The van der Waals surface area contributed by atoms with Gasteiger partial charge in [0.25, 0.3) is 0 Å². The van der Waals surface area contributed by atoms with Crippen LogP contribution >= 0.6 is 11.3 Å². The zero-order chi connectivity index (χ0) is 11.5. The van der Waals surface area contributed by atoms with Gasteiger partial charge >= 0.3 is 0 Å².